The molecule has 7 nitrogen and oxygen atoms in total. The summed E-state index contributed by atoms with van der Waals surface area (Å²) < 4.78 is 0. The van der Waals surface area contributed by atoms with Crippen LogP contribution in [0.5, 0.6) is 0 Å². The van der Waals surface area contributed by atoms with Gasteiger partial charge < -0.3 is 20.8 Å². The molecule has 0 bridgehead atoms. The summed E-state index contributed by atoms with van der Waals surface area (Å²) >= 11 is 0. The lowest BCUT2D eigenvalue weighted by atomic mass is 10.2. The number of aromatic carboxylic acids is 1. The van der Waals surface area contributed by atoms with E-state index in [1.807, 2.05) is 0 Å². The van der Waals surface area contributed by atoms with Crippen LogP contribution < -0.4 is 10.6 Å². The first-order valence-corrected chi connectivity index (χ1v) is 6.69. The van der Waals surface area contributed by atoms with Crippen LogP contribution in [0.4, 0.5) is 11.5 Å². The second-order valence-corrected chi connectivity index (χ2v) is 4.84. The number of aliphatic hydroxyl groups excluding tert-OH is 1. The smallest absolute Gasteiger partial charge is 0.337 e. The van der Waals surface area contributed by atoms with E-state index in [0.717, 1.165) is 32.6 Å². The standard InChI is InChI=1S/C13H20N4O3/c14-11-9-15-12(8-10(11)13(19)20)17-3-1-2-16(4-5-17)6-7-18/h8-9,18H,1-7,14H2,(H,19,20). The molecular weight excluding hydrogens is 260 g/mol. The molecule has 4 N–H and O–H groups in total. The van der Waals surface area contributed by atoms with Crippen LogP contribution >= 0.6 is 0 Å². The molecule has 0 spiro atoms. The minimum absolute atomic E-state index is 0.0893. The van der Waals surface area contributed by atoms with Gasteiger partial charge in [-0.2, -0.15) is 0 Å². The van der Waals surface area contributed by atoms with Gasteiger partial charge >= 0.3 is 5.97 Å². The van der Waals surface area contributed by atoms with Crippen molar-refractivity contribution in [2.24, 2.45) is 0 Å². The van der Waals surface area contributed by atoms with E-state index in [1.54, 1.807) is 0 Å². The van der Waals surface area contributed by atoms with E-state index in [9.17, 15) is 4.79 Å². The third-order valence-electron chi connectivity index (χ3n) is 3.48. The molecule has 2 rings (SSSR count). The van der Waals surface area contributed by atoms with Crippen molar-refractivity contribution in [3.8, 4) is 0 Å². The maximum absolute atomic E-state index is 11.1. The molecule has 7 heteroatoms. The largest absolute Gasteiger partial charge is 0.478 e. The molecule has 20 heavy (non-hydrogen) atoms. The number of rotatable bonds is 4. The second-order valence-electron chi connectivity index (χ2n) is 4.84. The molecule has 1 aromatic heterocycles. The van der Waals surface area contributed by atoms with Gasteiger partial charge in [0.05, 0.1) is 24.1 Å². The molecule has 0 amide bonds. The molecule has 0 aliphatic carbocycles. The maximum Gasteiger partial charge on any atom is 0.337 e. The number of hydrogen-bond donors (Lipinski definition) is 3. The van der Waals surface area contributed by atoms with Gasteiger partial charge in [0.2, 0.25) is 0 Å². The van der Waals surface area contributed by atoms with Gasteiger partial charge in [-0.05, 0) is 19.0 Å². The van der Waals surface area contributed by atoms with Gasteiger partial charge in [-0.3, -0.25) is 4.90 Å². The number of carboxylic acids is 1. The molecule has 1 aliphatic heterocycles. The lowest BCUT2D eigenvalue weighted by Gasteiger charge is -2.22. The van der Waals surface area contributed by atoms with Gasteiger partial charge in [0.15, 0.2) is 0 Å². The fourth-order valence-electron chi connectivity index (χ4n) is 2.38. The number of anilines is 2. The first-order valence-electron chi connectivity index (χ1n) is 6.69. The van der Waals surface area contributed by atoms with Gasteiger partial charge in [0, 0.05) is 26.2 Å². The third-order valence-corrected chi connectivity index (χ3v) is 3.48. The van der Waals surface area contributed by atoms with Crippen molar-refractivity contribution in [3.63, 3.8) is 0 Å². The molecule has 110 valence electrons. The Labute approximate surface area is 117 Å². The van der Waals surface area contributed by atoms with Gasteiger partial charge in [-0.25, -0.2) is 9.78 Å². The van der Waals surface area contributed by atoms with Crippen LogP contribution in [0, 0.1) is 0 Å². The van der Waals surface area contributed by atoms with E-state index in [0.29, 0.717) is 12.4 Å². The molecule has 1 aliphatic rings. The average molecular weight is 280 g/mol. The van der Waals surface area contributed by atoms with Crippen molar-refractivity contribution in [2.75, 3.05) is 50.0 Å². The molecule has 0 aromatic carbocycles. The van der Waals surface area contributed by atoms with Crippen molar-refractivity contribution in [1.82, 2.24) is 9.88 Å². The Morgan fingerprint density at radius 2 is 2.15 bits per heavy atom. The number of nitrogen functional groups attached to an aromatic ring is 1. The fourth-order valence-corrected chi connectivity index (χ4v) is 2.38. The number of pyridine rings is 1. The molecular formula is C13H20N4O3. The summed E-state index contributed by atoms with van der Waals surface area (Å²) in [5, 5.41) is 18.1. The molecule has 0 unspecified atom stereocenters. The second kappa shape index (κ2) is 6.53. The number of nitrogens with zero attached hydrogens (tertiary/aromatic N) is 3. The normalized spacial score (nSPS) is 16.9. The zero-order valence-electron chi connectivity index (χ0n) is 11.3. The van der Waals surface area contributed by atoms with E-state index < -0.39 is 5.97 Å². The monoisotopic (exact) mass is 280 g/mol. The highest BCUT2D eigenvalue weighted by Gasteiger charge is 2.18. The Bertz CT molecular complexity index is 481. The maximum atomic E-state index is 11.1. The molecule has 0 radical (unpaired) electrons. The number of carboxylic acid groups (broad SMARTS) is 1. The van der Waals surface area contributed by atoms with Gasteiger partial charge in [-0.15, -0.1) is 0 Å². The van der Waals surface area contributed by atoms with Crippen LogP contribution in [0.2, 0.25) is 0 Å². The zero-order valence-corrected chi connectivity index (χ0v) is 11.3. The lowest BCUT2D eigenvalue weighted by molar-refractivity contribution is 0.0698. The number of hydrogen-bond acceptors (Lipinski definition) is 6. The zero-order chi connectivity index (χ0) is 14.5. The summed E-state index contributed by atoms with van der Waals surface area (Å²) in [5.74, 6) is -0.398. The van der Waals surface area contributed by atoms with Crippen molar-refractivity contribution in [3.05, 3.63) is 17.8 Å². The Kier molecular flexibility index (Phi) is 4.75. The van der Waals surface area contributed by atoms with E-state index in [2.05, 4.69) is 14.8 Å². The highest BCUT2D eigenvalue weighted by atomic mass is 16.4. The number of aliphatic hydroxyl groups is 1. The van der Waals surface area contributed by atoms with Crippen LogP contribution in [-0.2, 0) is 0 Å². The first-order chi connectivity index (χ1) is 9.61. The summed E-state index contributed by atoms with van der Waals surface area (Å²) in [6.45, 7) is 4.16. The number of β-amino-alcohol motifs (C(OH)–C–C–N with tert-alkyl or cyclic N) is 1. The number of carbonyl (C=O) groups is 1. The van der Waals surface area contributed by atoms with Gasteiger partial charge in [0.25, 0.3) is 0 Å². The molecule has 0 saturated carbocycles. The molecule has 2 heterocycles. The van der Waals surface area contributed by atoms with Crippen molar-refractivity contribution >= 4 is 17.5 Å². The summed E-state index contributed by atoms with van der Waals surface area (Å²) in [7, 11) is 0. The lowest BCUT2D eigenvalue weighted by Crippen LogP contribution is -2.32. The Balaban J connectivity index is 2.11. The van der Waals surface area contributed by atoms with Gasteiger partial charge in [-0.1, -0.05) is 0 Å². The Morgan fingerprint density at radius 3 is 2.85 bits per heavy atom. The minimum Gasteiger partial charge on any atom is -0.478 e. The van der Waals surface area contributed by atoms with Crippen molar-refractivity contribution in [1.29, 1.82) is 0 Å². The van der Waals surface area contributed by atoms with Gasteiger partial charge in [0.1, 0.15) is 5.82 Å². The van der Waals surface area contributed by atoms with Crippen LogP contribution in [-0.4, -0.2) is 65.4 Å². The predicted octanol–water partition coefficient (Wildman–Crippen LogP) is -0.134. The number of aromatic nitrogens is 1. The van der Waals surface area contributed by atoms with Crippen LogP contribution in [0.25, 0.3) is 0 Å². The van der Waals surface area contributed by atoms with Crippen LogP contribution in [0.1, 0.15) is 16.8 Å². The van der Waals surface area contributed by atoms with E-state index >= 15 is 0 Å². The Hall–Kier alpha value is -1.86. The summed E-state index contributed by atoms with van der Waals surface area (Å²) in [5.41, 5.74) is 5.88. The van der Waals surface area contributed by atoms with E-state index in [-0.39, 0.29) is 17.9 Å². The average Bonchev–Trinajstić information content (AvgIpc) is 2.65. The van der Waals surface area contributed by atoms with E-state index in [1.165, 1.54) is 12.3 Å². The molecule has 1 fully saturated rings. The molecule has 1 aromatic rings. The first kappa shape index (κ1) is 14.5. The summed E-state index contributed by atoms with van der Waals surface area (Å²) in [4.78, 5) is 19.6. The summed E-state index contributed by atoms with van der Waals surface area (Å²) in [6, 6.07) is 1.53. The molecule has 0 atom stereocenters. The quantitative estimate of drug-likeness (QED) is 0.705. The number of nitrogens with two attached hydrogens (primary N) is 1. The highest BCUT2D eigenvalue weighted by Crippen LogP contribution is 2.19. The topological polar surface area (TPSA) is 103 Å². The Morgan fingerprint density at radius 1 is 1.35 bits per heavy atom. The van der Waals surface area contributed by atoms with Crippen molar-refractivity contribution < 1.29 is 15.0 Å². The summed E-state index contributed by atoms with van der Waals surface area (Å²) in [6.07, 6.45) is 2.35. The highest BCUT2D eigenvalue weighted by molar-refractivity contribution is 5.94. The minimum atomic E-state index is -1.04. The van der Waals surface area contributed by atoms with Crippen molar-refractivity contribution in [2.45, 2.75) is 6.42 Å². The third kappa shape index (κ3) is 3.37. The predicted molar refractivity (Wildman–Crippen MR) is 76.0 cm³/mol. The molecule has 1 saturated heterocycles. The van der Waals surface area contributed by atoms with E-state index in [4.69, 9.17) is 15.9 Å². The fraction of sp³-hybridized carbons (Fsp3) is 0.538. The SMILES string of the molecule is Nc1cnc(N2CCCN(CCO)CC2)cc1C(=O)O. The van der Waals surface area contributed by atoms with Crippen LogP contribution in [0.15, 0.2) is 12.3 Å². The van der Waals surface area contributed by atoms with Crippen LogP contribution in [0.3, 0.4) is 0 Å².